The van der Waals surface area contributed by atoms with Gasteiger partial charge in [0.2, 0.25) is 0 Å². The van der Waals surface area contributed by atoms with Gasteiger partial charge in [-0.3, -0.25) is 14.9 Å². The molecule has 0 radical (unpaired) electrons. The first-order valence-electron chi connectivity index (χ1n) is 8.21. The molecule has 0 aliphatic heterocycles. The molecule has 0 atom stereocenters. The molecule has 140 valence electrons. The van der Waals surface area contributed by atoms with Crippen molar-refractivity contribution in [3.63, 3.8) is 0 Å². The fraction of sp³-hybridized carbons (Fsp3) is 0.389. The van der Waals surface area contributed by atoms with Crippen molar-refractivity contribution >= 4 is 44.3 Å². The first-order valence-corrected chi connectivity index (χ1v) is 9.88. The van der Waals surface area contributed by atoms with Crippen LogP contribution < -0.4 is 10.1 Å². The minimum atomic E-state index is -0.338. The van der Waals surface area contributed by atoms with Gasteiger partial charge < -0.3 is 9.47 Å². The van der Waals surface area contributed by atoms with Crippen LogP contribution in [0.2, 0.25) is 0 Å². The standard InChI is InChI=1S/C18H21BrN2O4S/c1-4-24-17(23)8-13-10-26-18(20-13)21-16(22)9-25-15-6-5-12(19)7-14(15)11(2)3/h5-7,10-11H,4,8-9H2,1-3H3,(H,20,21,22). The number of halogens is 1. The van der Waals surface area contributed by atoms with Crippen molar-refractivity contribution in [2.24, 2.45) is 0 Å². The second-order valence-corrected chi connectivity index (χ2v) is 7.57. The van der Waals surface area contributed by atoms with Crippen LogP contribution in [0.5, 0.6) is 5.75 Å². The summed E-state index contributed by atoms with van der Waals surface area (Å²) in [5.41, 5.74) is 1.60. The van der Waals surface area contributed by atoms with Gasteiger partial charge in [-0.05, 0) is 36.6 Å². The summed E-state index contributed by atoms with van der Waals surface area (Å²) in [5, 5.41) is 4.83. The molecular formula is C18H21BrN2O4S. The third-order valence-corrected chi connectivity index (χ3v) is 4.68. The van der Waals surface area contributed by atoms with Crippen molar-refractivity contribution in [1.29, 1.82) is 0 Å². The van der Waals surface area contributed by atoms with Crippen LogP contribution in [-0.4, -0.2) is 30.1 Å². The number of esters is 1. The number of benzene rings is 1. The summed E-state index contributed by atoms with van der Waals surface area (Å²) in [5.74, 6) is 0.311. The third-order valence-electron chi connectivity index (χ3n) is 3.38. The second-order valence-electron chi connectivity index (χ2n) is 5.80. The van der Waals surface area contributed by atoms with Crippen molar-refractivity contribution in [3.05, 3.63) is 39.3 Å². The van der Waals surface area contributed by atoms with Crippen LogP contribution in [0, 0.1) is 0 Å². The first kappa shape index (κ1) is 20.4. The Morgan fingerprint density at radius 2 is 2.12 bits per heavy atom. The van der Waals surface area contributed by atoms with E-state index in [4.69, 9.17) is 9.47 Å². The quantitative estimate of drug-likeness (QED) is 0.623. The highest BCUT2D eigenvalue weighted by molar-refractivity contribution is 9.10. The Hall–Kier alpha value is -1.93. The molecule has 2 aromatic rings. The smallest absolute Gasteiger partial charge is 0.311 e. The van der Waals surface area contributed by atoms with Crippen molar-refractivity contribution in [2.45, 2.75) is 33.1 Å². The summed E-state index contributed by atoms with van der Waals surface area (Å²) < 4.78 is 11.5. The van der Waals surface area contributed by atoms with E-state index < -0.39 is 0 Å². The van der Waals surface area contributed by atoms with Gasteiger partial charge in [0.05, 0.1) is 18.7 Å². The lowest BCUT2D eigenvalue weighted by Gasteiger charge is -2.14. The van der Waals surface area contributed by atoms with E-state index in [1.165, 1.54) is 11.3 Å². The first-order chi connectivity index (χ1) is 12.4. The Morgan fingerprint density at radius 1 is 1.35 bits per heavy atom. The Labute approximate surface area is 165 Å². The van der Waals surface area contributed by atoms with E-state index >= 15 is 0 Å². The minimum absolute atomic E-state index is 0.0906. The molecule has 0 aliphatic carbocycles. The van der Waals surface area contributed by atoms with Gasteiger partial charge in [-0.15, -0.1) is 11.3 Å². The maximum Gasteiger partial charge on any atom is 0.311 e. The van der Waals surface area contributed by atoms with Crippen LogP contribution in [0.25, 0.3) is 0 Å². The maximum absolute atomic E-state index is 12.1. The predicted octanol–water partition coefficient (Wildman–Crippen LogP) is 4.15. The average Bonchev–Trinajstić information content (AvgIpc) is 3.00. The topological polar surface area (TPSA) is 77.5 Å². The molecule has 26 heavy (non-hydrogen) atoms. The van der Waals surface area contributed by atoms with E-state index in [0.717, 1.165) is 10.0 Å². The molecule has 0 saturated carbocycles. The predicted molar refractivity (Wildman–Crippen MR) is 105 cm³/mol. The van der Waals surface area contributed by atoms with E-state index in [9.17, 15) is 9.59 Å². The molecule has 1 aromatic carbocycles. The number of carbonyl (C=O) groups is 2. The molecule has 0 spiro atoms. The maximum atomic E-state index is 12.1. The fourth-order valence-corrected chi connectivity index (χ4v) is 3.31. The average molecular weight is 441 g/mol. The number of hydrogen-bond donors (Lipinski definition) is 1. The molecule has 1 N–H and O–H groups in total. The number of amides is 1. The molecule has 1 amide bonds. The molecule has 0 unspecified atom stereocenters. The third kappa shape index (κ3) is 6.10. The monoisotopic (exact) mass is 440 g/mol. The van der Waals surface area contributed by atoms with Crippen LogP contribution >= 0.6 is 27.3 Å². The lowest BCUT2D eigenvalue weighted by molar-refractivity contribution is -0.142. The van der Waals surface area contributed by atoms with Crippen LogP contribution in [0.4, 0.5) is 5.13 Å². The molecule has 1 aromatic heterocycles. The fourth-order valence-electron chi connectivity index (χ4n) is 2.21. The van der Waals surface area contributed by atoms with Gasteiger partial charge >= 0.3 is 5.97 Å². The number of ether oxygens (including phenoxy) is 2. The van der Waals surface area contributed by atoms with Crippen LogP contribution in [0.3, 0.4) is 0 Å². The summed E-state index contributed by atoms with van der Waals surface area (Å²) in [6.45, 7) is 6.10. The Kier molecular flexibility index (Phi) is 7.59. The molecule has 0 bridgehead atoms. The van der Waals surface area contributed by atoms with Crippen LogP contribution in [-0.2, 0) is 20.7 Å². The van der Waals surface area contributed by atoms with E-state index in [1.807, 2.05) is 18.2 Å². The lowest BCUT2D eigenvalue weighted by atomic mass is 10.0. The van der Waals surface area contributed by atoms with E-state index in [-0.39, 0.29) is 30.8 Å². The second kappa shape index (κ2) is 9.68. The lowest BCUT2D eigenvalue weighted by Crippen LogP contribution is -2.20. The van der Waals surface area contributed by atoms with Crippen molar-refractivity contribution < 1.29 is 19.1 Å². The molecular weight excluding hydrogens is 420 g/mol. The Morgan fingerprint density at radius 3 is 2.81 bits per heavy atom. The number of nitrogens with one attached hydrogen (secondary N) is 1. The normalized spacial score (nSPS) is 10.7. The number of thiazole rings is 1. The molecule has 8 heteroatoms. The zero-order valence-corrected chi connectivity index (χ0v) is 17.3. The Balaban J connectivity index is 1.90. The van der Waals surface area contributed by atoms with Crippen molar-refractivity contribution in [3.8, 4) is 5.75 Å². The van der Waals surface area contributed by atoms with Gasteiger partial charge in [-0.2, -0.15) is 0 Å². The molecule has 0 fully saturated rings. The minimum Gasteiger partial charge on any atom is -0.483 e. The van der Waals surface area contributed by atoms with Crippen molar-refractivity contribution in [1.82, 2.24) is 4.98 Å². The summed E-state index contributed by atoms with van der Waals surface area (Å²) >= 11 is 4.70. The summed E-state index contributed by atoms with van der Waals surface area (Å²) in [7, 11) is 0. The zero-order valence-electron chi connectivity index (χ0n) is 14.9. The van der Waals surface area contributed by atoms with E-state index in [1.54, 1.807) is 12.3 Å². The summed E-state index contributed by atoms with van der Waals surface area (Å²) in [4.78, 5) is 27.8. The molecule has 2 rings (SSSR count). The molecule has 0 saturated heterocycles. The van der Waals surface area contributed by atoms with Gasteiger partial charge in [-0.1, -0.05) is 29.8 Å². The molecule has 6 nitrogen and oxygen atoms in total. The number of anilines is 1. The van der Waals surface area contributed by atoms with Crippen LogP contribution in [0.15, 0.2) is 28.1 Å². The van der Waals surface area contributed by atoms with Crippen LogP contribution in [0.1, 0.15) is 37.9 Å². The van der Waals surface area contributed by atoms with Gasteiger partial charge in [-0.25, -0.2) is 4.98 Å². The van der Waals surface area contributed by atoms with Gasteiger partial charge in [0.1, 0.15) is 5.75 Å². The highest BCUT2D eigenvalue weighted by atomic mass is 79.9. The highest BCUT2D eigenvalue weighted by Crippen LogP contribution is 2.29. The van der Waals surface area contributed by atoms with Crippen molar-refractivity contribution in [2.75, 3.05) is 18.5 Å². The van der Waals surface area contributed by atoms with Gasteiger partial charge in [0.15, 0.2) is 11.7 Å². The SMILES string of the molecule is CCOC(=O)Cc1csc(NC(=O)COc2ccc(Br)cc2C(C)C)n1. The highest BCUT2D eigenvalue weighted by Gasteiger charge is 2.13. The van der Waals surface area contributed by atoms with E-state index in [0.29, 0.717) is 23.2 Å². The molecule has 1 heterocycles. The largest absolute Gasteiger partial charge is 0.483 e. The number of rotatable bonds is 8. The Bertz CT molecular complexity index is 776. The van der Waals surface area contributed by atoms with Gasteiger partial charge in [0.25, 0.3) is 5.91 Å². The van der Waals surface area contributed by atoms with E-state index in [2.05, 4.69) is 40.1 Å². The number of hydrogen-bond acceptors (Lipinski definition) is 6. The number of carbonyl (C=O) groups excluding carboxylic acids is 2. The summed E-state index contributed by atoms with van der Waals surface area (Å²) in [6, 6.07) is 5.70. The number of nitrogens with zero attached hydrogens (tertiary/aromatic N) is 1. The molecule has 0 aliphatic rings. The van der Waals surface area contributed by atoms with Gasteiger partial charge in [0, 0.05) is 9.85 Å². The summed E-state index contributed by atoms with van der Waals surface area (Å²) in [6.07, 6.45) is 0.0906. The zero-order chi connectivity index (χ0) is 19.1. The number of aromatic nitrogens is 1.